The molecule has 2 aromatic carbocycles. The molecule has 0 spiro atoms. The zero-order valence-electron chi connectivity index (χ0n) is 17.8. The number of fused-ring (bicyclic) bond motifs is 1. The number of carbonyl (C=O) groups is 1. The molecule has 164 valence electrons. The zero-order chi connectivity index (χ0) is 22.5. The molecule has 32 heavy (non-hydrogen) atoms. The molecule has 0 aliphatic heterocycles. The maximum atomic E-state index is 13.2. The summed E-state index contributed by atoms with van der Waals surface area (Å²) in [6.45, 7) is 2.23. The Bertz CT molecular complexity index is 1260. The van der Waals surface area contributed by atoms with Crippen LogP contribution in [0.3, 0.4) is 0 Å². The Kier molecular flexibility index (Phi) is 6.78. The summed E-state index contributed by atoms with van der Waals surface area (Å²) in [7, 11) is 0. The van der Waals surface area contributed by atoms with Gasteiger partial charge in [0.15, 0.2) is 0 Å². The van der Waals surface area contributed by atoms with E-state index in [1.807, 2.05) is 66.9 Å². The molecule has 1 atom stereocenters. The number of nitrogens with one attached hydrogen (secondary N) is 1. The number of carbonyl (C=O) groups excluding carboxylic acids is 1. The van der Waals surface area contributed by atoms with Gasteiger partial charge in [0, 0.05) is 30.5 Å². The van der Waals surface area contributed by atoms with Crippen molar-refractivity contribution in [1.29, 1.82) is 0 Å². The third-order valence-electron chi connectivity index (χ3n) is 5.46. The second-order valence-corrected chi connectivity index (χ2v) is 8.59. The fraction of sp³-hybridized carbons (Fsp3) is 0.240. The standard InChI is InChI=1S/C25H25N3O3S/c1-17-7-9-18(10-8-17)20-15-32-24-23(20)25(31)28(16-26-24)13-11-22(30)27-21(12-14-29)19-5-3-2-4-6-19/h2-10,15-16,21,29H,11-14H2,1H3,(H,27,30)/t21-/m1/s1. The van der Waals surface area contributed by atoms with Crippen LogP contribution in [-0.4, -0.2) is 27.2 Å². The van der Waals surface area contributed by atoms with E-state index in [0.717, 1.165) is 22.3 Å². The second kappa shape index (κ2) is 9.89. The average Bonchev–Trinajstić information content (AvgIpc) is 3.24. The van der Waals surface area contributed by atoms with Crippen LogP contribution in [0.5, 0.6) is 0 Å². The van der Waals surface area contributed by atoms with Gasteiger partial charge >= 0.3 is 0 Å². The van der Waals surface area contributed by atoms with Crippen molar-refractivity contribution in [1.82, 2.24) is 14.9 Å². The van der Waals surface area contributed by atoms with Crippen LogP contribution in [0.2, 0.25) is 0 Å². The summed E-state index contributed by atoms with van der Waals surface area (Å²) in [5, 5.41) is 14.9. The number of nitrogens with zero attached hydrogens (tertiary/aromatic N) is 2. The zero-order valence-corrected chi connectivity index (χ0v) is 18.6. The van der Waals surface area contributed by atoms with E-state index in [4.69, 9.17) is 0 Å². The minimum Gasteiger partial charge on any atom is -0.396 e. The third kappa shape index (κ3) is 4.79. The van der Waals surface area contributed by atoms with Crippen molar-refractivity contribution < 1.29 is 9.90 Å². The first-order valence-corrected chi connectivity index (χ1v) is 11.4. The van der Waals surface area contributed by atoms with Crippen LogP contribution in [0.25, 0.3) is 21.3 Å². The van der Waals surface area contributed by atoms with E-state index in [0.29, 0.717) is 16.6 Å². The van der Waals surface area contributed by atoms with Gasteiger partial charge in [0.25, 0.3) is 5.56 Å². The van der Waals surface area contributed by atoms with E-state index in [1.165, 1.54) is 22.2 Å². The van der Waals surface area contributed by atoms with Crippen LogP contribution in [0.15, 0.2) is 71.1 Å². The summed E-state index contributed by atoms with van der Waals surface area (Å²) >= 11 is 1.44. The summed E-state index contributed by atoms with van der Waals surface area (Å²) < 4.78 is 1.50. The quantitative estimate of drug-likeness (QED) is 0.427. The summed E-state index contributed by atoms with van der Waals surface area (Å²) in [6, 6.07) is 17.3. The Morgan fingerprint density at radius 2 is 1.91 bits per heavy atom. The highest BCUT2D eigenvalue weighted by atomic mass is 32.1. The lowest BCUT2D eigenvalue weighted by atomic mass is 10.0. The number of aliphatic hydroxyl groups is 1. The van der Waals surface area contributed by atoms with Gasteiger partial charge in [-0.2, -0.15) is 0 Å². The second-order valence-electron chi connectivity index (χ2n) is 7.73. The van der Waals surface area contributed by atoms with Gasteiger partial charge in [-0.1, -0.05) is 60.2 Å². The molecule has 2 aromatic heterocycles. The topological polar surface area (TPSA) is 84.2 Å². The van der Waals surface area contributed by atoms with E-state index >= 15 is 0 Å². The first-order chi connectivity index (χ1) is 15.6. The number of aryl methyl sites for hydroxylation is 2. The highest BCUT2D eigenvalue weighted by Crippen LogP contribution is 2.30. The Balaban J connectivity index is 1.51. The smallest absolute Gasteiger partial charge is 0.262 e. The number of benzene rings is 2. The SMILES string of the molecule is Cc1ccc(-c2csc3ncn(CCC(=O)N[C@H](CCO)c4ccccc4)c(=O)c23)cc1. The lowest BCUT2D eigenvalue weighted by Gasteiger charge is -2.18. The van der Waals surface area contributed by atoms with Gasteiger partial charge in [-0.05, 0) is 24.5 Å². The molecule has 4 rings (SSSR count). The van der Waals surface area contributed by atoms with Crippen LogP contribution in [0.1, 0.15) is 30.0 Å². The molecule has 0 aliphatic carbocycles. The van der Waals surface area contributed by atoms with Crippen LogP contribution >= 0.6 is 11.3 Å². The molecule has 0 unspecified atom stereocenters. The van der Waals surface area contributed by atoms with Gasteiger partial charge in [-0.15, -0.1) is 11.3 Å². The summed E-state index contributed by atoms with van der Waals surface area (Å²) in [5.74, 6) is -0.177. The van der Waals surface area contributed by atoms with Crippen molar-refractivity contribution >= 4 is 27.5 Å². The normalized spacial score (nSPS) is 12.1. The number of hydrogen-bond donors (Lipinski definition) is 2. The highest BCUT2D eigenvalue weighted by molar-refractivity contribution is 7.17. The number of aliphatic hydroxyl groups excluding tert-OH is 1. The molecule has 0 saturated carbocycles. The number of hydrogen-bond acceptors (Lipinski definition) is 5. The first-order valence-electron chi connectivity index (χ1n) is 10.6. The number of rotatable bonds is 8. The van der Waals surface area contributed by atoms with Gasteiger partial charge in [0.1, 0.15) is 4.83 Å². The Morgan fingerprint density at radius 1 is 1.16 bits per heavy atom. The van der Waals surface area contributed by atoms with E-state index in [1.54, 1.807) is 0 Å². The molecule has 2 heterocycles. The van der Waals surface area contributed by atoms with Crippen LogP contribution < -0.4 is 10.9 Å². The number of amides is 1. The van der Waals surface area contributed by atoms with Crippen molar-refractivity contribution in [3.8, 4) is 11.1 Å². The molecule has 0 saturated heterocycles. The monoisotopic (exact) mass is 447 g/mol. The fourth-order valence-electron chi connectivity index (χ4n) is 3.70. The van der Waals surface area contributed by atoms with E-state index in [-0.39, 0.29) is 37.1 Å². The summed E-state index contributed by atoms with van der Waals surface area (Å²) in [5.41, 5.74) is 3.80. The predicted octanol–water partition coefficient (Wildman–Crippen LogP) is 4.06. The van der Waals surface area contributed by atoms with Crippen LogP contribution in [-0.2, 0) is 11.3 Å². The molecular weight excluding hydrogens is 422 g/mol. The van der Waals surface area contributed by atoms with Gasteiger partial charge in [-0.3, -0.25) is 14.2 Å². The molecule has 0 aliphatic rings. The lowest BCUT2D eigenvalue weighted by molar-refractivity contribution is -0.122. The average molecular weight is 448 g/mol. The fourth-order valence-corrected chi connectivity index (χ4v) is 4.60. The Labute approximate surface area is 190 Å². The lowest BCUT2D eigenvalue weighted by Crippen LogP contribution is -2.31. The van der Waals surface area contributed by atoms with Gasteiger partial charge in [0.05, 0.1) is 17.8 Å². The Hall–Kier alpha value is -3.29. The van der Waals surface area contributed by atoms with Crippen LogP contribution in [0, 0.1) is 6.92 Å². The van der Waals surface area contributed by atoms with E-state index < -0.39 is 0 Å². The molecule has 0 fully saturated rings. The van der Waals surface area contributed by atoms with Gasteiger partial charge in [0.2, 0.25) is 5.91 Å². The van der Waals surface area contributed by atoms with E-state index in [2.05, 4.69) is 10.3 Å². The molecule has 6 nitrogen and oxygen atoms in total. The Morgan fingerprint density at radius 3 is 2.62 bits per heavy atom. The molecule has 1 amide bonds. The maximum Gasteiger partial charge on any atom is 0.262 e. The van der Waals surface area contributed by atoms with Crippen molar-refractivity contribution in [2.45, 2.75) is 32.4 Å². The van der Waals surface area contributed by atoms with Crippen molar-refractivity contribution in [2.24, 2.45) is 0 Å². The van der Waals surface area contributed by atoms with Crippen molar-refractivity contribution in [3.63, 3.8) is 0 Å². The highest BCUT2D eigenvalue weighted by Gasteiger charge is 2.16. The molecule has 2 N–H and O–H groups in total. The third-order valence-corrected chi connectivity index (χ3v) is 6.34. The molecule has 7 heteroatoms. The van der Waals surface area contributed by atoms with Gasteiger partial charge < -0.3 is 10.4 Å². The minimum atomic E-state index is -0.268. The van der Waals surface area contributed by atoms with E-state index in [9.17, 15) is 14.7 Å². The first kappa shape index (κ1) is 21.9. The molecular formula is C25H25N3O3S. The molecule has 0 bridgehead atoms. The van der Waals surface area contributed by atoms with Crippen molar-refractivity contribution in [3.05, 3.63) is 87.8 Å². The molecule has 4 aromatic rings. The van der Waals surface area contributed by atoms with Gasteiger partial charge in [-0.25, -0.2) is 4.98 Å². The number of thiophene rings is 1. The summed E-state index contributed by atoms with van der Waals surface area (Å²) in [4.78, 5) is 30.9. The van der Waals surface area contributed by atoms with Crippen LogP contribution in [0.4, 0.5) is 0 Å². The molecule has 0 radical (unpaired) electrons. The van der Waals surface area contributed by atoms with Crippen molar-refractivity contribution in [2.75, 3.05) is 6.61 Å². The number of aromatic nitrogens is 2. The maximum absolute atomic E-state index is 13.2. The summed E-state index contributed by atoms with van der Waals surface area (Å²) in [6.07, 6.45) is 2.08. The largest absolute Gasteiger partial charge is 0.396 e. The predicted molar refractivity (Wildman–Crippen MR) is 128 cm³/mol. The minimum absolute atomic E-state index is 0.0279.